The van der Waals surface area contributed by atoms with E-state index in [1.807, 2.05) is 13.0 Å². The standard InChI is InChI=1S/C6H8N2.C4H4O4/c1-2-6-7-4-3-5-8-6;5-3(6)1-2-4(7)8/h3-5H,2H2,1H3;1-2H,(H,5,6)(H,7,8)/b;2-1-. The summed E-state index contributed by atoms with van der Waals surface area (Å²) in [6.45, 7) is 2.04. The summed E-state index contributed by atoms with van der Waals surface area (Å²) < 4.78 is 0. The molecule has 16 heavy (non-hydrogen) atoms. The van der Waals surface area contributed by atoms with Gasteiger partial charge < -0.3 is 10.2 Å². The number of carboxylic acids is 2. The van der Waals surface area contributed by atoms with E-state index in [-0.39, 0.29) is 0 Å². The molecule has 0 amide bonds. The summed E-state index contributed by atoms with van der Waals surface area (Å²) >= 11 is 0. The van der Waals surface area contributed by atoms with Gasteiger partial charge in [0.15, 0.2) is 0 Å². The molecule has 86 valence electrons. The Kier molecular flexibility index (Phi) is 6.97. The molecule has 1 rings (SSSR count). The third kappa shape index (κ3) is 8.36. The normalized spacial score (nSPS) is 9.31. The van der Waals surface area contributed by atoms with Crippen LogP contribution in [-0.2, 0) is 16.0 Å². The van der Waals surface area contributed by atoms with Crippen molar-refractivity contribution in [1.82, 2.24) is 9.97 Å². The molecule has 1 aromatic heterocycles. The van der Waals surface area contributed by atoms with Gasteiger partial charge in [0.25, 0.3) is 0 Å². The molecule has 0 saturated carbocycles. The Morgan fingerprint density at radius 3 is 1.88 bits per heavy atom. The smallest absolute Gasteiger partial charge is 0.328 e. The predicted octanol–water partition coefficient (Wildman–Crippen LogP) is 0.751. The number of nitrogens with zero attached hydrogens (tertiary/aromatic N) is 2. The Morgan fingerprint density at radius 1 is 1.19 bits per heavy atom. The molecule has 6 heteroatoms. The van der Waals surface area contributed by atoms with Crippen molar-refractivity contribution in [2.45, 2.75) is 13.3 Å². The summed E-state index contributed by atoms with van der Waals surface area (Å²) in [5, 5.41) is 15.6. The van der Waals surface area contributed by atoms with Gasteiger partial charge in [-0.2, -0.15) is 0 Å². The molecule has 0 aliphatic rings. The van der Waals surface area contributed by atoms with Gasteiger partial charge in [-0.05, 0) is 6.07 Å². The first-order chi connectivity index (χ1) is 7.56. The van der Waals surface area contributed by atoms with E-state index in [0.717, 1.165) is 12.2 Å². The largest absolute Gasteiger partial charge is 0.478 e. The lowest BCUT2D eigenvalue weighted by atomic mass is 10.4. The van der Waals surface area contributed by atoms with Crippen molar-refractivity contribution in [2.75, 3.05) is 0 Å². The number of hydrogen-bond acceptors (Lipinski definition) is 4. The van der Waals surface area contributed by atoms with Gasteiger partial charge in [-0.15, -0.1) is 0 Å². The van der Waals surface area contributed by atoms with Gasteiger partial charge in [-0.3, -0.25) is 0 Å². The van der Waals surface area contributed by atoms with Crippen LogP contribution in [-0.4, -0.2) is 32.1 Å². The van der Waals surface area contributed by atoms with E-state index in [2.05, 4.69) is 9.97 Å². The van der Waals surface area contributed by atoms with Crippen LogP contribution in [0.15, 0.2) is 30.6 Å². The summed E-state index contributed by atoms with van der Waals surface area (Å²) in [6.07, 6.45) is 5.54. The average Bonchev–Trinajstić information content (AvgIpc) is 2.28. The summed E-state index contributed by atoms with van der Waals surface area (Å²) in [7, 11) is 0. The van der Waals surface area contributed by atoms with Crippen molar-refractivity contribution >= 4 is 11.9 Å². The monoisotopic (exact) mass is 224 g/mol. The fourth-order valence-electron chi connectivity index (χ4n) is 0.655. The van der Waals surface area contributed by atoms with E-state index in [4.69, 9.17) is 10.2 Å². The van der Waals surface area contributed by atoms with Crippen LogP contribution in [0.3, 0.4) is 0 Å². The van der Waals surface area contributed by atoms with Crippen LogP contribution in [0, 0.1) is 0 Å². The summed E-state index contributed by atoms with van der Waals surface area (Å²) in [5.74, 6) is -1.60. The zero-order chi connectivity index (χ0) is 12.4. The number of rotatable bonds is 3. The number of carboxylic acid groups (broad SMARTS) is 2. The lowest BCUT2D eigenvalue weighted by Gasteiger charge is -1.87. The van der Waals surface area contributed by atoms with Crippen molar-refractivity contribution in [3.05, 3.63) is 36.4 Å². The maximum Gasteiger partial charge on any atom is 0.328 e. The first-order valence-corrected chi connectivity index (χ1v) is 4.46. The Morgan fingerprint density at radius 2 is 1.62 bits per heavy atom. The van der Waals surface area contributed by atoms with Crippen LogP contribution in [0.2, 0.25) is 0 Å². The highest BCUT2D eigenvalue weighted by Crippen LogP contribution is 1.85. The molecule has 2 N–H and O–H groups in total. The first-order valence-electron chi connectivity index (χ1n) is 4.46. The van der Waals surface area contributed by atoms with E-state index in [0.29, 0.717) is 12.2 Å². The minimum atomic E-state index is -1.26. The van der Waals surface area contributed by atoms with Crippen LogP contribution >= 0.6 is 0 Å². The Hall–Kier alpha value is -2.24. The zero-order valence-electron chi connectivity index (χ0n) is 8.70. The van der Waals surface area contributed by atoms with Crippen LogP contribution < -0.4 is 0 Å². The summed E-state index contributed by atoms with van der Waals surface area (Å²) in [4.78, 5) is 27.1. The minimum Gasteiger partial charge on any atom is -0.478 e. The fraction of sp³-hybridized carbons (Fsp3) is 0.200. The number of aliphatic carboxylic acids is 2. The topological polar surface area (TPSA) is 100 Å². The molecule has 0 spiro atoms. The molecule has 0 bridgehead atoms. The van der Waals surface area contributed by atoms with Gasteiger partial charge in [-0.25, -0.2) is 19.6 Å². The second kappa shape index (κ2) is 8.10. The van der Waals surface area contributed by atoms with E-state index < -0.39 is 11.9 Å². The van der Waals surface area contributed by atoms with Crippen molar-refractivity contribution < 1.29 is 19.8 Å². The van der Waals surface area contributed by atoms with Crippen molar-refractivity contribution in [3.8, 4) is 0 Å². The SMILES string of the molecule is CCc1ncccn1.O=C(O)/C=C\C(=O)O. The minimum absolute atomic E-state index is 0.558. The second-order valence-corrected chi connectivity index (χ2v) is 2.53. The van der Waals surface area contributed by atoms with Gasteiger partial charge in [0.05, 0.1) is 0 Å². The molecule has 1 heterocycles. The second-order valence-electron chi connectivity index (χ2n) is 2.53. The molecule has 0 fully saturated rings. The highest BCUT2D eigenvalue weighted by molar-refractivity contribution is 5.89. The molecule has 0 unspecified atom stereocenters. The highest BCUT2D eigenvalue weighted by atomic mass is 16.4. The van der Waals surface area contributed by atoms with E-state index in [1.165, 1.54) is 0 Å². The summed E-state index contributed by atoms with van der Waals surface area (Å²) in [5.41, 5.74) is 0. The molecule has 0 aliphatic carbocycles. The van der Waals surface area contributed by atoms with Gasteiger partial charge >= 0.3 is 11.9 Å². The maximum absolute atomic E-state index is 9.55. The number of carbonyl (C=O) groups is 2. The first kappa shape index (κ1) is 13.8. The molecular formula is C10H12N2O4. The van der Waals surface area contributed by atoms with Crippen molar-refractivity contribution in [1.29, 1.82) is 0 Å². The van der Waals surface area contributed by atoms with Crippen LogP contribution in [0.4, 0.5) is 0 Å². The average molecular weight is 224 g/mol. The van der Waals surface area contributed by atoms with Crippen LogP contribution in [0.25, 0.3) is 0 Å². The molecule has 6 nitrogen and oxygen atoms in total. The van der Waals surface area contributed by atoms with Crippen LogP contribution in [0.5, 0.6) is 0 Å². The molecule has 0 atom stereocenters. The molecule has 0 radical (unpaired) electrons. The third-order valence-electron chi connectivity index (χ3n) is 1.30. The van der Waals surface area contributed by atoms with Gasteiger partial charge in [0.1, 0.15) is 5.82 Å². The van der Waals surface area contributed by atoms with E-state index >= 15 is 0 Å². The predicted molar refractivity (Wildman–Crippen MR) is 55.8 cm³/mol. The number of aromatic nitrogens is 2. The Bertz CT molecular complexity index is 346. The van der Waals surface area contributed by atoms with E-state index in [9.17, 15) is 9.59 Å². The van der Waals surface area contributed by atoms with Crippen molar-refractivity contribution in [2.24, 2.45) is 0 Å². The third-order valence-corrected chi connectivity index (χ3v) is 1.30. The molecule has 0 aliphatic heterocycles. The Labute approximate surface area is 92.3 Å². The number of aryl methyl sites for hydroxylation is 1. The number of hydrogen-bond donors (Lipinski definition) is 2. The Balaban J connectivity index is 0.000000281. The fourth-order valence-corrected chi connectivity index (χ4v) is 0.655. The van der Waals surface area contributed by atoms with Gasteiger partial charge in [-0.1, -0.05) is 6.92 Å². The quantitative estimate of drug-likeness (QED) is 0.735. The molecule has 0 aromatic carbocycles. The highest BCUT2D eigenvalue weighted by Gasteiger charge is 1.88. The zero-order valence-corrected chi connectivity index (χ0v) is 8.70. The van der Waals surface area contributed by atoms with Crippen molar-refractivity contribution in [3.63, 3.8) is 0 Å². The summed E-state index contributed by atoms with van der Waals surface area (Å²) in [6, 6.07) is 1.82. The van der Waals surface area contributed by atoms with Gasteiger partial charge in [0, 0.05) is 31.0 Å². The van der Waals surface area contributed by atoms with Gasteiger partial charge in [0.2, 0.25) is 0 Å². The lowest BCUT2D eigenvalue weighted by molar-refractivity contribution is -0.134. The van der Waals surface area contributed by atoms with Crippen LogP contribution in [0.1, 0.15) is 12.7 Å². The lowest BCUT2D eigenvalue weighted by Crippen LogP contribution is -1.91. The maximum atomic E-state index is 9.55. The molecular weight excluding hydrogens is 212 g/mol. The van der Waals surface area contributed by atoms with E-state index in [1.54, 1.807) is 12.4 Å². The molecule has 1 aromatic rings. The molecule has 0 saturated heterocycles.